The van der Waals surface area contributed by atoms with Crippen LogP contribution in [0.5, 0.6) is 0 Å². The predicted octanol–water partition coefficient (Wildman–Crippen LogP) is 3.48. The molecule has 0 aliphatic heterocycles. The zero-order chi connectivity index (χ0) is 26.3. The number of benzene rings is 2. The van der Waals surface area contributed by atoms with Gasteiger partial charge in [-0.05, 0) is 54.7 Å². The summed E-state index contributed by atoms with van der Waals surface area (Å²) in [5.41, 5.74) is 1.96. The van der Waals surface area contributed by atoms with Gasteiger partial charge in [-0.25, -0.2) is 13.2 Å². The highest BCUT2D eigenvalue weighted by Gasteiger charge is 2.51. The van der Waals surface area contributed by atoms with Gasteiger partial charge in [-0.3, -0.25) is 9.52 Å². The normalized spacial score (nSPS) is 14.3. The van der Waals surface area contributed by atoms with E-state index < -0.39 is 27.6 Å². The Morgan fingerprint density at radius 1 is 1.06 bits per heavy atom. The minimum Gasteiger partial charge on any atom is -0.475 e. The number of hydrogen-bond acceptors (Lipinski definition) is 5. The van der Waals surface area contributed by atoms with Gasteiger partial charge in [0.05, 0.1) is 16.9 Å². The van der Waals surface area contributed by atoms with E-state index in [2.05, 4.69) is 10.0 Å². The van der Waals surface area contributed by atoms with E-state index in [-0.39, 0.29) is 10.8 Å². The first-order chi connectivity index (χ1) is 16.4. The van der Waals surface area contributed by atoms with Gasteiger partial charge < -0.3 is 15.2 Å². The molecule has 12 heteroatoms. The molecule has 192 valence electrons. The smallest absolute Gasteiger partial charge is 0.475 e. The molecule has 0 spiro atoms. The van der Waals surface area contributed by atoms with E-state index in [0.29, 0.717) is 18.8 Å². The number of aryl methyl sites for hydroxylation is 1. The maximum atomic E-state index is 12.6. The molecule has 2 aromatic rings. The maximum absolute atomic E-state index is 12.6. The summed E-state index contributed by atoms with van der Waals surface area (Å²) >= 11 is 0. The molecule has 0 heterocycles. The molecular weight excluding hydrogens is 489 g/mol. The standard InChI is InChI=1S/C21H26N2O4S.C2HF3O2/c1-3-16-4-10-19(11-5-16)28(25,26)23-18-8-6-17(7-9-18)21(12-13-21)20(24)22-14-15-27-2;3-2(4,5)1(6)7/h4-11,23H,3,12-15H2,1-2H3,(H,22,24);(H,6,7). The number of amides is 1. The Hall–Kier alpha value is -3.12. The summed E-state index contributed by atoms with van der Waals surface area (Å²) in [5, 5.41) is 10.0. The number of alkyl halides is 3. The van der Waals surface area contributed by atoms with Crippen LogP contribution in [0.3, 0.4) is 0 Å². The molecule has 1 saturated carbocycles. The number of anilines is 1. The third-order valence-corrected chi connectivity index (χ3v) is 6.75. The number of sulfonamides is 1. The van der Waals surface area contributed by atoms with E-state index in [0.717, 1.165) is 30.4 Å². The number of halogens is 3. The summed E-state index contributed by atoms with van der Waals surface area (Å²) in [4.78, 5) is 21.6. The lowest BCUT2D eigenvalue weighted by Gasteiger charge is -2.16. The van der Waals surface area contributed by atoms with Crippen LogP contribution in [0.1, 0.15) is 30.9 Å². The number of carbonyl (C=O) groups excluding carboxylic acids is 1. The van der Waals surface area contributed by atoms with E-state index in [1.54, 1.807) is 31.4 Å². The summed E-state index contributed by atoms with van der Waals surface area (Å²) in [5.74, 6) is -2.76. The molecule has 0 radical (unpaired) electrons. The Labute approximate surface area is 201 Å². The Balaban J connectivity index is 0.000000540. The molecule has 1 amide bonds. The lowest BCUT2D eigenvalue weighted by Crippen LogP contribution is -2.36. The van der Waals surface area contributed by atoms with Gasteiger partial charge in [-0.15, -0.1) is 0 Å². The van der Waals surface area contributed by atoms with Crippen molar-refractivity contribution in [1.29, 1.82) is 0 Å². The predicted molar refractivity (Wildman–Crippen MR) is 123 cm³/mol. The first kappa shape index (κ1) is 28.1. The van der Waals surface area contributed by atoms with Crippen LogP contribution < -0.4 is 10.0 Å². The minimum atomic E-state index is -5.08. The molecule has 0 saturated heterocycles. The number of carboxylic acids is 1. The van der Waals surface area contributed by atoms with Gasteiger partial charge in [0.1, 0.15) is 0 Å². The van der Waals surface area contributed by atoms with E-state index in [1.807, 2.05) is 31.2 Å². The molecule has 1 fully saturated rings. The van der Waals surface area contributed by atoms with Crippen LogP contribution in [0, 0.1) is 0 Å². The topological polar surface area (TPSA) is 122 Å². The first-order valence-corrected chi connectivity index (χ1v) is 12.1. The molecule has 35 heavy (non-hydrogen) atoms. The number of carboxylic acid groups (broad SMARTS) is 1. The Morgan fingerprint density at radius 3 is 2.03 bits per heavy atom. The molecular formula is C23H27F3N2O6S. The fourth-order valence-corrected chi connectivity index (χ4v) is 4.24. The summed E-state index contributed by atoms with van der Waals surface area (Å²) in [6.45, 7) is 2.97. The molecule has 1 aliphatic rings. The van der Waals surface area contributed by atoms with Crippen LogP contribution in [0.4, 0.5) is 18.9 Å². The summed E-state index contributed by atoms with van der Waals surface area (Å²) < 4.78 is 64.4. The van der Waals surface area contributed by atoms with E-state index >= 15 is 0 Å². The Kier molecular flexibility index (Phi) is 9.27. The second kappa shape index (κ2) is 11.5. The highest BCUT2D eigenvalue weighted by molar-refractivity contribution is 7.92. The van der Waals surface area contributed by atoms with Crippen molar-refractivity contribution in [3.05, 3.63) is 59.7 Å². The minimum absolute atomic E-state index is 0.00565. The van der Waals surface area contributed by atoms with Crippen LogP contribution >= 0.6 is 0 Å². The number of aliphatic carboxylic acids is 1. The molecule has 0 unspecified atom stereocenters. The Morgan fingerprint density at radius 2 is 1.60 bits per heavy atom. The van der Waals surface area contributed by atoms with Crippen LogP contribution in [-0.2, 0) is 36.2 Å². The third-order valence-electron chi connectivity index (χ3n) is 5.35. The quantitative estimate of drug-likeness (QED) is 0.439. The van der Waals surface area contributed by atoms with Gasteiger partial charge in [0, 0.05) is 19.3 Å². The molecule has 3 N–H and O–H groups in total. The highest BCUT2D eigenvalue weighted by atomic mass is 32.2. The van der Waals surface area contributed by atoms with Gasteiger partial charge in [0.2, 0.25) is 5.91 Å². The molecule has 0 aromatic heterocycles. The van der Waals surface area contributed by atoms with Crippen LogP contribution in [0.15, 0.2) is 53.4 Å². The van der Waals surface area contributed by atoms with Crippen LogP contribution in [0.2, 0.25) is 0 Å². The second-order valence-corrected chi connectivity index (χ2v) is 9.50. The van der Waals surface area contributed by atoms with E-state index in [4.69, 9.17) is 14.6 Å². The summed E-state index contributed by atoms with van der Waals surface area (Å²) in [7, 11) is -2.05. The number of hydrogen-bond donors (Lipinski definition) is 3. The fraction of sp³-hybridized carbons (Fsp3) is 0.391. The second-order valence-electron chi connectivity index (χ2n) is 7.81. The lowest BCUT2D eigenvalue weighted by atomic mass is 9.95. The maximum Gasteiger partial charge on any atom is 0.490 e. The van der Waals surface area contributed by atoms with Crippen molar-refractivity contribution in [2.75, 3.05) is 25.0 Å². The van der Waals surface area contributed by atoms with Crippen molar-refractivity contribution in [2.45, 2.75) is 42.7 Å². The van der Waals surface area contributed by atoms with Crippen molar-refractivity contribution in [2.24, 2.45) is 0 Å². The van der Waals surface area contributed by atoms with Crippen molar-refractivity contribution in [3.63, 3.8) is 0 Å². The van der Waals surface area contributed by atoms with Crippen molar-refractivity contribution in [3.8, 4) is 0 Å². The molecule has 0 atom stereocenters. The van der Waals surface area contributed by atoms with Gasteiger partial charge >= 0.3 is 12.1 Å². The first-order valence-electron chi connectivity index (χ1n) is 10.7. The SMILES string of the molecule is CCc1ccc(S(=O)(=O)Nc2ccc(C3(C(=O)NCCOC)CC3)cc2)cc1.O=C(O)C(F)(F)F. The van der Waals surface area contributed by atoms with Crippen molar-refractivity contribution in [1.82, 2.24) is 5.32 Å². The summed E-state index contributed by atoms with van der Waals surface area (Å²) in [6.07, 6.45) is -2.64. The number of nitrogens with one attached hydrogen (secondary N) is 2. The average Bonchev–Trinajstić information content (AvgIpc) is 3.61. The molecule has 2 aromatic carbocycles. The fourth-order valence-electron chi connectivity index (χ4n) is 3.18. The lowest BCUT2D eigenvalue weighted by molar-refractivity contribution is -0.192. The van der Waals surface area contributed by atoms with Gasteiger partial charge in [-0.1, -0.05) is 31.2 Å². The number of ether oxygens (including phenoxy) is 1. The van der Waals surface area contributed by atoms with Gasteiger partial charge in [-0.2, -0.15) is 13.2 Å². The number of carbonyl (C=O) groups is 2. The zero-order valence-electron chi connectivity index (χ0n) is 19.2. The van der Waals surface area contributed by atoms with Crippen molar-refractivity contribution >= 4 is 27.6 Å². The summed E-state index contributed by atoms with van der Waals surface area (Å²) in [6, 6.07) is 13.9. The zero-order valence-corrected chi connectivity index (χ0v) is 20.0. The van der Waals surface area contributed by atoms with Crippen LogP contribution in [0.25, 0.3) is 0 Å². The number of methoxy groups -OCH3 is 1. The molecule has 8 nitrogen and oxygen atoms in total. The molecule has 1 aliphatic carbocycles. The molecule has 3 rings (SSSR count). The average molecular weight is 517 g/mol. The third kappa shape index (κ3) is 7.69. The van der Waals surface area contributed by atoms with E-state index in [9.17, 15) is 26.4 Å². The highest BCUT2D eigenvalue weighted by Crippen LogP contribution is 2.48. The van der Waals surface area contributed by atoms with E-state index in [1.165, 1.54) is 0 Å². The number of rotatable bonds is 9. The van der Waals surface area contributed by atoms with Crippen molar-refractivity contribution < 1.29 is 41.0 Å². The van der Waals surface area contributed by atoms with Gasteiger partial charge in [0.15, 0.2) is 0 Å². The molecule has 0 bridgehead atoms. The van der Waals surface area contributed by atoms with Gasteiger partial charge in [0.25, 0.3) is 10.0 Å². The van der Waals surface area contributed by atoms with Crippen LogP contribution in [-0.4, -0.2) is 51.8 Å². The Bertz CT molecular complexity index is 1110. The monoisotopic (exact) mass is 516 g/mol. The largest absolute Gasteiger partial charge is 0.490 e.